The first-order valence-corrected chi connectivity index (χ1v) is 4.89. The smallest absolute Gasteiger partial charge is 0.129 e. The average Bonchev–Trinajstić information content (AvgIpc) is 2.18. The van der Waals surface area contributed by atoms with Crippen molar-refractivity contribution in [2.24, 2.45) is 5.11 Å². The number of nitrogens with zero attached hydrogens (tertiary/aromatic N) is 4. The van der Waals surface area contributed by atoms with Crippen molar-refractivity contribution in [2.75, 3.05) is 6.54 Å². The van der Waals surface area contributed by atoms with Gasteiger partial charge in [0.2, 0.25) is 0 Å². The summed E-state index contributed by atoms with van der Waals surface area (Å²) in [5.41, 5.74) is 8.95. The lowest BCUT2D eigenvalue weighted by Crippen LogP contribution is -1.80. The molecule has 0 N–H and O–H groups in total. The SMILES string of the molecule is [N-]=[N+]=NCC=Cc1cc(Cl)ncc1Br. The molecule has 0 unspecified atom stereocenters. The molecule has 0 aliphatic rings. The van der Waals surface area contributed by atoms with Gasteiger partial charge in [0.05, 0.1) is 0 Å². The molecule has 6 heteroatoms. The lowest BCUT2D eigenvalue weighted by Gasteiger charge is -1.97. The highest BCUT2D eigenvalue weighted by Gasteiger charge is 1.97. The fourth-order valence-corrected chi connectivity index (χ4v) is 1.33. The Morgan fingerprint density at radius 3 is 3.21 bits per heavy atom. The van der Waals surface area contributed by atoms with E-state index in [1.807, 2.05) is 6.08 Å². The van der Waals surface area contributed by atoms with E-state index in [2.05, 4.69) is 30.9 Å². The standard InChI is InChI=1S/C8H6BrClN4/c9-7-5-12-8(10)4-6(7)2-1-3-13-14-11/h1-2,4-5H,3H2. The summed E-state index contributed by atoms with van der Waals surface area (Å²) in [5.74, 6) is 0. The quantitative estimate of drug-likeness (QED) is 0.357. The number of aromatic nitrogens is 1. The molecule has 0 aromatic carbocycles. The number of rotatable bonds is 3. The molecule has 0 bridgehead atoms. The summed E-state index contributed by atoms with van der Waals surface area (Å²) >= 11 is 9.03. The second kappa shape index (κ2) is 5.65. The molecule has 0 saturated carbocycles. The Morgan fingerprint density at radius 1 is 1.71 bits per heavy atom. The van der Waals surface area contributed by atoms with Crippen LogP contribution >= 0.6 is 27.5 Å². The maximum Gasteiger partial charge on any atom is 0.129 e. The van der Waals surface area contributed by atoms with Crippen LogP contribution in [-0.2, 0) is 0 Å². The van der Waals surface area contributed by atoms with E-state index >= 15 is 0 Å². The molecule has 0 fully saturated rings. The largest absolute Gasteiger partial charge is 0.243 e. The van der Waals surface area contributed by atoms with E-state index in [0.29, 0.717) is 11.7 Å². The van der Waals surface area contributed by atoms with Gasteiger partial charge >= 0.3 is 0 Å². The van der Waals surface area contributed by atoms with Crippen LogP contribution in [0.15, 0.2) is 27.9 Å². The van der Waals surface area contributed by atoms with Gasteiger partial charge in [-0.25, -0.2) is 4.98 Å². The monoisotopic (exact) mass is 272 g/mol. The van der Waals surface area contributed by atoms with Gasteiger partial charge in [-0.2, -0.15) is 0 Å². The topological polar surface area (TPSA) is 61.7 Å². The Labute approximate surface area is 94.4 Å². The van der Waals surface area contributed by atoms with Gasteiger partial charge in [0.25, 0.3) is 0 Å². The first-order chi connectivity index (χ1) is 6.74. The Kier molecular flexibility index (Phi) is 4.46. The average molecular weight is 274 g/mol. The number of hydrogen-bond donors (Lipinski definition) is 0. The van der Waals surface area contributed by atoms with Gasteiger partial charge in [-0.3, -0.25) is 0 Å². The fraction of sp³-hybridized carbons (Fsp3) is 0.125. The highest BCUT2D eigenvalue weighted by atomic mass is 79.9. The summed E-state index contributed by atoms with van der Waals surface area (Å²) in [7, 11) is 0. The molecule has 0 amide bonds. The molecule has 1 aromatic heterocycles. The maximum atomic E-state index is 8.05. The Bertz CT molecular complexity index is 398. The second-order valence-corrected chi connectivity index (χ2v) is 3.59. The molecule has 14 heavy (non-hydrogen) atoms. The Hall–Kier alpha value is -1.03. The van der Waals surface area contributed by atoms with Crippen molar-refractivity contribution in [3.63, 3.8) is 0 Å². The summed E-state index contributed by atoms with van der Waals surface area (Å²) in [6, 6.07) is 1.72. The summed E-state index contributed by atoms with van der Waals surface area (Å²) < 4.78 is 0.846. The summed E-state index contributed by atoms with van der Waals surface area (Å²) in [4.78, 5) is 6.52. The molecule has 0 aliphatic carbocycles. The molecular weight excluding hydrogens is 267 g/mol. The van der Waals surface area contributed by atoms with Crippen LogP contribution in [0.3, 0.4) is 0 Å². The summed E-state index contributed by atoms with van der Waals surface area (Å²) in [6.07, 6.45) is 5.18. The molecule has 1 heterocycles. The maximum absolute atomic E-state index is 8.05. The molecule has 0 atom stereocenters. The van der Waals surface area contributed by atoms with Gasteiger partial charge in [0.15, 0.2) is 0 Å². The predicted octanol–water partition coefficient (Wildman–Crippen LogP) is 3.82. The molecule has 0 spiro atoms. The van der Waals surface area contributed by atoms with Gasteiger partial charge in [0.1, 0.15) is 5.15 Å². The first-order valence-electron chi connectivity index (χ1n) is 3.72. The molecule has 0 saturated heterocycles. The molecule has 1 rings (SSSR count). The zero-order chi connectivity index (χ0) is 10.4. The van der Waals surface area contributed by atoms with Crippen LogP contribution in [-0.4, -0.2) is 11.5 Å². The first kappa shape index (κ1) is 11.0. The van der Waals surface area contributed by atoms with Crippen LogP contribution in [0.25, 0.3) is 16.5 Å². The third kappa shape index (κ3) is 3.38. The van der Waals surface area contributed by atoms with E-state index < -0.39 is 0 Å². The normalized spacial score (nSPS) is 10.1. The van der Waals surface area contributed by atoms with Crippen LogP contribution in [0.2, 0.25) is 5.15 Å². The summed E-state index contributed by atoms with van der Waals surface area (Å²) in [5, 5.41) is 3.80. The number of pyridine rings is 1. The molecule has 72 valence electrons. The zero-order valence-electron chi connectivity index (χ0n) is 7.06. The fourth-order valence-electron chi connectivity index (χ4n) is 0.818. The van der Waals surface area contributed by atoms with Crippen LogP contribution in [0.1, 0.15) is 5.56 Å². The van der Waals surface area contributed by atoms with Crippen LogP contribution in [0.4, 0.5) is 0 Å². The summed E-state index contributed by atoms with van der Waals surface area (Å²) in [6.45, 7) is 0.322. The van der Waals surface area contributed by atoms with E-state index in [-0.39, 0.29) is 0 Å². The minimum Gasteiger partial charge on any atom is -0.243 e. The van der Waals surface area contributed by atoms with Crippen LogP contribution in [0, 0.1) is 0 Å². The van der Waals surface area contributed by atoms with E-state index in [1.54, 1.807) is 18.3 Å². The molecule has 4 nitrogen and oxygen atoms in total. The van der Waals surface area contributed by atoms with Crippen molar-refractivity contribution >= 4 is 33.6 Å². The van der Waals surface area contributed by atoms with Gasteiger partial charge in [-0.05, 0) is 33.1 Å². The van der Waals surface area contributed by atoms with E-state index in [0.717, 1.165) is 10.0 Å². The van der Waals surface area contributed by atoms with Crippen molar-refractivity contribution in [3.05, 3.63) is 44.0 Å². The van der Waals surface area contributed by atoms with Gasteiger partial charge in [-0.15, -0.1) is 0 Å². The van der Waals surface area contributed by atoms with Crippen LogP contribution < -0.4 is 0 Å². The van der Waals surface area contributed by atoms with Crippen molar-refractivity contribution < 1.29 is 0 Å². The van der Waals surface area contributed by atoms with E-state index in [1.165, 1.54) is 0 Å². The molecule has 1 aromatic rings. The number of hydrogen-bond acceptors (Lipinski definition) is 2. The van der Waals surface area contributed by atoms with Gasteiger partial charge in [-0.1, -0.05) is 28.9 Å². The van der Waals surface area contributed by atoms with E-state index in [9.17, 15) is 0 Å². The molecule has 0 radical (unpaired) electrons. The van der Waals surface area contributed by atoms with Crippen molar-refractivity contribution in [1.29, 1.82) is 0 Å². The molecular formula is C8H6BrClN4. The third-order valence-electron chi connectivity index (χ3n) is 1.40. The van der Waals surface area contributed by atoms with Gasteiger partial charge in [0, 0.05) is 22.1 Å². The highest BCUT2D eigenvalue weighted by molar-refractivity contribution is 9.10. The second-order valence-electron chi connectivity index (χ2n) is 2.34. The number of azide groups is 1. The minimum absolute atomic E-state index is 0.322. The van der Waals surface area contributed by atoms with E-state index in [4.69, 9.17) is 17.1 Å². The Balaban J connectivity index is 2.79. The van der Waals surface area contributed by atoms with Crippen molar-refractivity contribution in [1.82, 2.24) is 4.98 Å². The number of halogens is 2. The zero-order valence-corrected chi connectivity index (χ0v) is 9.40. The van der Waals surface area contributed by atoms with Crippen LogP contribution in [0.5, 0.6) is 0 Å². The minimum atomic E-state index is 0.322. The molecule has 0 aliphatic heterocycles. The lowest BCUT2D eigenvalue weighted by atomic mass is 10.2. The van der Waals surface area contributed by atoms with Crippen molar-refractivity contribution in [2.45, 2.75) is 0 Å². The predicted molar refractivity (Wildman–Crippen MR) is 60.0 cm³/mol. The highest BCUT2D eigenvalue weighted by Crippen LogP contribution is 2.19. The van der Waals surface area contributed by atoms with Gasteiger partial charge < -0.3 is 0 Å². The lowest BCUT2D eigenvalue weighted by molar-refractivity contribution is 1.22. The Morgan fingerprint density at radius 2 is 2.50 bits per heavy atom. The van der Waals surface area contributed by atoms with Crippen molar-refractivity contribution in [3.8, 4) is 0 Å². The third-order valence-corrected chi connectivity index (χ3v) is 2.27.